The molecule has 3 fully saturated rings. The lowest BCUT2D eigenvalue weighted by atomic mass is 10.1. The zero-order chi connectivity index (χ0) is 50.8. The SMILES string of the molecule is C.C1CCOC1.COC1CCN(c2nccc(Nc3cc4c(cn3)nc(COCC(OC)OC)n4C(C)C)n2)CC1.COC1CCN(c2nccc(Nc3cc4c(cn3)nc(COCC=O)n4C(C)C)n2)CC1. The summed E-state index contributed by atoms with van der Waals surface area (Å²) in [5.41, 5.74) is 3.50. The Kier molecular flexibility index (Phi) is 21.9. The fourth-order valence-electron chi connectivity index (χ4n) is 8.76. The van der Waals surface area contributed by atoms with Crippen LogP contribution in [0.2, 0.25) is 0 Å². The van der Waals surface area contributed by atoms with E-state index in [0.717, 1.165) is 105 Å². The molecule has 0 saturated carbocycles. The first-order chi connectivity index (χ1) is 35.1. The molecule has 3 saturated heterocycles. The number of pyridine rings is 2. The lowest BCUT2D eigenvalue weighted by Crippen LogP contribution is -2.37. The zero-order valence-corrected chi connectivity index (χ0v) is 43.0. The van der Waals surface area contributed by atoms with E-state index in [0.29, 0.717) is 60.6 Å². The van der Waals surface area contributed by atoms with Crippen LogP contribution in [0.4, 0.5) is 35.2 Å². The number of carbonyl (C=O) groups excluding carboxylic acids is 1. The Morgan fingerprint density at radius 3 is 1.48 bits per heavy atom. The first-order valence-electron chi connectivity index (χ1n) is 24.8. The molecule has 0 aromatic carbocycles. The van der Waals surface area contributed by atoms with Gasteiger partial charge >= 0.3 is 0 Å². The van der Waals surface area contributed by atoms with Crippen LogP contribution in [0, 0.1) is 0 Å². The van der Waals surface area contributed by atoms with Gasteiger partial charge in [-0.05, 0) is 78.4 Å². The molecule has 0 spiro atoms. The molecule has 22 heteroatoms. The van der Waals surface area contributed by atoms with E-state index in [2.05, 4.69) is 87.2 Å². The smallest absolute Gasteiger partial charge is 0.227 e. The molecular formula is C51H76N14O8. The van der Waals surface area contributed by atoms with E-state index >= 15 is 0 Å². The number of rotatable bonds is 20. The third-order valence-electron chi connectivity index (χ3n) is 12.5. The molecule has 0 atom stereocenters. The van der Waals surface area contributed by atoms with Crippen molar-refractivity contribution in [3.8, 4) is 0 Å². The zero-order valence-electron chi connectivity index (χ0n) is 43.0. The largest absolute Gasteiger partial charge is 0.381 e. The molecule has 3 aliphatic rings. The van der Waals surface area contributed by atoms with Crippen LogP contribution in [0.5, 0.6) is 0 Å². The van der Waals surface area contributed by atoms with E-state index < -0.39 is 6.29 Å². The summed E-state index contributed by atoms with van der Waals surface area (Å²) in [6, 6.07) is 7.98. The van der Waals surface area contributed by atoms with Crippen molar-refractivity contribution in [3.63, 3.8) is 0 Å². The molecule has 6 aromatic rings. The van der Waals surface area contributed by atoms with Crippen LogP contribution in [0.15, 0.2) is 49.1 Å². The van der Waals surface area contributed by atoms with Gasteiger partial charge in [-0.3, -0.25) is 0 Å². The second kappa shape index (κ2) is 28.4. The van der Waals surface area contributed by atoms with Crippen molar-refractivity contribution in [1.82, 2.24) is 49.0 Å². The van der Waals surface area contributed by atoms with E-state index in [4.69, 9.17) is 43.1 Å². The summed E-state index contributed by atoms with van der Waals surface area (Å²) in [6.07, 6.45) is 14.4. The highest BCUT2D eigenvalue weighted by atomic mass is 16.7. The summed E-state index contributed by atoms with van der Waals surface area (Å²) in [5.74, 6) is 5.73. The molecule has 6 aromatic heterocycles. The van der Waals surface area contributed by atoms with Crippen molar-refractivity contribution in [1.29, 1.82) is 0 Å². The van der Waals surface area contributed by atoms with Crippen LogP contribution in [0.3, 0.4) is 0 Å². The lowest BCUT2D eigenvalue weighted by molar-refractivity contribution is -0.143. The fourth-order valence-corrected chi connectivity index (χ4v) is 8.76. The average molecular weight is 1010 g/mol. The maximum Gasteiger partial charge on any atom is 0.227 e. The molecule has 22 nitrogen and oxygen atoms in total. The fraction of sp³-hybridized carbons (Fsp3) is 0.588. The topological polar surface area (TPSA) is 225 Å². The van der Waals surface area contributed by atoms with Gasteiger partial charge in [0.25, 0.3) is 0 Å². The highest BCUT2D eigenvalue weighted by Crippen LogP contribution is 2.28. The van der Waals surface area contributed by atoms with E-state index in [1.807, 2.05) is 24.3 Å². The van der Waals surface area contributed by atoms with Crippen LogP contribution in [-0.4, -0.2) is 155 Å². The van der Waals surface area contributed by atoms with Gasteiger partial charge in [0, 0.05) is 104 Å². The average Bonchev–Trinajstić information content (AvgIpc) is 4.19. The van der Waals surface area contributed by atoms with Crippen LogP contribution in [0.1, 0.15) is 97.4 Å². The molecule has 73 heavy (non-hydrogen) atoms. The standard InChI is InChI=1S/C24H35N7O4.C22H29N7O3.C4H8O.CH4/c1-16(2)31-19-12-21(26-13-18(19)27-22(31)14-35-15-23(33-4)34-5)28-20-6-9-25-24(29-20)30-10-7-17(32-3)8-11-30;1-15(2)29-18-12-20(24-13-17(18)25-21(29)14-32-11-10-30)26-19-4-7-23-22(27-19)28-8-5-16(31-3)6-9-28;1-2-4-5-3-1;/h6,9,12-13,16-17,23H,7-8,10-11,14-15H2,1-5H3,(H,25,26,28,29);4,7,10,12-13,15-16H,5-6,8-9,11,14H2,1-3H3,(H,23,24,26,27);1-4H2;1H4. The van der Waals surface area contributed by atoms with E-state index in [1.165, 1.54) is 12.8 Å². The number of imidazole rings is 2. The summed E-state index contributed by atoms with van der Waals surface area (Å²) in [6.45, 7) is 14.9. The number of fused-ring (bicyclic) bond motifs is 2. The Morgan fingerprint density at radius 2 is 1.10 bits per heavy atom. The van der Waals surface area contributed by atoms with Crippen LogP contribution in [-0.2, 0) is 51.2 Å². The van der Waals surface area contributed by atoms with Crippen molar-refractivity contribution < 1.29 is 38.0 Å². The van der Waals surface area contributed by atoms with Crippen LogP contribution < -0.4 is 20.4 Å². The molecule has 0 radical (unpaired) electrons. The van der Waals surface area contributed by atoms with Crippen molar-refractivity contribution >= 4 is 63.5 Å². The van der Waals surface area contributed by atoms with Gasteiger partial charge in [-0.1, -0.05) is 7.43 Å². The number of ether oxygens (including phenoxy) is 7. The van der Waals surface area contributed by atoms with Gasteiger partial charge in [0.2, 0.25) is 11.9 Å². The molecule has 3 aliphatic heterocycles. The molecule has 398 valence electrons. The highest BCUT2D eigenvalue weighted by Gasteiger charge is 2.23. The number of nitrogens with zero attached hydrogens (tertiary/aromatic N) is 12. The molecular weight excluding hydrogens is 937 g/mol. The number of anilines is 6. The first-order valence-corrected chi connectivity index (χ1v) is 24.8. The van der Waals surface area contributed by atoms with Crippen molar-refractivity contribution in [2.75, 3.05) is 101 Å². The molecule has 0 amide bonds. The molecule has 0 bridgehead atoms. The second-order valence-electron chi connectivity index (χ2n) is 18.1. The maximum atomic E-state index is 10.6. The van der Waals surface area contributed by atoms with E-state index in [1.54, 1.807) is 53.2 Å². The minimum Gasteiger partial charge on any atom is -0.381 e. The highest BCUT2D eigenvalue weighted by molar-refractivity contribution is 5.80. The number of methoxy groups -OCH3 is 4. The minimum atomic E-state index is -0.409. The minimum absolute atomic E-state index is 0. The molecule has 0 aliphatic carbocycles. The van der Waals surface area contributed by atoms with E-state index in [9.17, 15) is 4.79 Å². The third-order valence-corrected chi connectivity index (χ3v) is 12.5. The summed E-state index contributed by atoms with van der Waals surface area (Å²) < 4.78 is 41.7. The van der Waals surface area contributed by atoms with Crippen LogP contribution in [0.25, 0.3) is 22.1 Å². The van der Waals surface area contributed by atoms with E-state index in [-0.39, 0.29) is 32.7 Å². The number of piperidine rings is 2. The monoisotopic (exact) mass is 1010 g/mol. The molecule has 0 unspecified atom stereocenters. The third kappa shape index (κ3) is 15.5. The van der Waals surface area contributed by atoms with Crippen molar-refractivity contribution in [2.45, 2.75) is 117 Å². The van der Waals surface area contributed by atoms with Gasteiger partial charge in [-0.25, -0.2) is 29.9 Å². The van der Waals surface area contributed by atoms with Crippen molar-refractivity contribution in [3.05, 3.63) is 60.7 Å². The summed E-state index contributed by atoms with van der Waals surface area (Å²) >= 11 is 0. The summed E-state index contributed by atoms with van der Waals surface area (Å²) in [5, 5.41) is 6.62. The summed E-state index contributed by atoms with van der Waals surface area (Å²) in [7, 11) is 6.71. The first kappa shape index (κ1) is 56.3. The molecule has 2 N–H and O–H groups in total. The second-order valence-corrected chi connectivity index (χ2v) is 18.1. The Hall–Kier alpha value is -6.01. The predicted octanol–water partition coefficient (Wildman–Crippen LogP) is 7.61. The number of aldehydes is 1. The molecule has 9 heterocycles. The van der Waals surface area contributed by atoms with Gasteiger partial charge in [0.05, 0.1) is 42.2 Å². The van der Waals surface area contributed by atoms with Gasteiger partial charge in [-0.2, -0.15) is 9.97 Å². The Balaban J connectivity index is 0.000000215. The number of hydrogen-bond donors (Lipinski definition) is 2. The maximum absolute atomic E-state index is 10.6. The van der Waals surface area contributed by atoms with Crippen LogP contribution >= 0.6 is 0 Å². The van der Waals surface area contributed by atoms with Crippen molar-refractivity contribution in [2.24, 2.45) is 0 Å². The summed E-state index contributed by atoms with van der Waals surface area (Å²) in [4.78, 5) is 51.7. The number of hydrogen-bond acceptors (Lipinski definition) is 20. The Morgan fingerprint density at radius 1 is 0.644 bits per heavy atom. The number of carbonyl (C=O) groups is 1. The number of aromatic nitrogens is 10. The predicted molar refractivity (Wildman–Crippen MR) is 281 cm³/mol. The normalized spacial score (nSPS) is 15.4. The Bertz CT molecular complexity index is 2580. The van der Waals surface area contributed by atoms with Gasteiger partial charge in [0.1, 0.15) is 72.1 Å². The van der Waals surface area contributed by atoms with Gasteiger partial charge in [-0.15, -0.1) is 0 Å². The lowest BCUT2D eigenvalue weighted by Gasteiger charge is -2.31. The number of nitrogens with one attached hydrogen (secondary N) is 2. The van der Waals surface area contributed by atoms with Gasteiger partial charge < -0.3 is 67.5 Å². The van der Waals surface area contributed by atoms with Gasteiger partial charge in [0.15, 0.2) is 6.29 Å². The quantitative estimate of drug-likeness (QED) is 0.0426. The molecule has 9 rings (SSSR count). The Labute approximate surface area is 428 Å².